The van der Waals surface area contributed by atoms with Gasteiger partial charge >= 0.3 is 0 Å². The molecular formula is C8H15N5O2S. The van der Waals surface area contributed by atoms with Crippen molar-refractivity contribution in [1.29, 1.82) is 4.78 Å². The molecule has 90 valence electrons. The van der Waals surface area contributed by atoms with Crippen molar-refractivity contribution in [3.63, 3.8) is 0 Å². The zero-order chi connectivity index (χ0) is 11.8. The third-order valence-electron chi connectivity index (χ3n) is 2.47. The van der Waals surface area contributed by atoms with Crippen LogP contribution in [0.15, 0.2) is 11.1 Å². The second kappa shape index (κ2) is 4.04. The van der Waals surface area contributed by atoms with Gasteiger partial charge in [-0.05, 0) is 7.05 Å². The van der Waals surface area contributed by atoms with Crippen molar-refractivity contribution in [3.05, 3.63) is 6.20 Å². The maximum Gasteiger partial charge on any atom is 0.230 e. The predicted octanol–water partition coefficient (Wildman–Crippen LogP) is -0.610. The van der Waals surface area contributed by atoms with Crippen molar-refractivity contribution < 1.29 is 8.95 Å². The SMILES string of the molecule is CNCC1COc2c(S(=N)(N)=O)cnn2C1. The van der Waals surface area contributed by atoms with E-state index in [4.69, 9.17) is 14.7 Å². The first-order chi connectivity index (χ1) is 7.52. The molecule has 8 heteroatoms. The molecule has 2 rings (SSSR count). The fourth-order valence-corrected chi connectivity index (χ4v) is 2.37. The molecule has 2 unspecified atom stereocenters. The smallest absolute Gasteiger partial charge is 0.230 e. The van der Waals surface area contributed by atoms with E-state index in [0.717, 1.165) is 6.54 Å². The Balaban J connectivity index is 2.27. The van der Waals surface area contributed by atoms with Crippen molar-refractivity contribution >= 4 is 9.92 Å². The van der Waals surface area contributed by atoms with Gasteiger partial charge in [0, 0.05) is 12.5 Å². The molecule has 0 aromatic carbocycles. The van der Waals surface area contributed by atoms with Crippen molar-refractivity contribution in [2.24, 2.45) is 11.1 Å². The summed E-state index contributed by atoms with van der Waals surface area (Å²) in [6, 6.07) is 0. The maximum atomic E-state index is 11.4. The van der Waals surface area contributed by atoms with E-state index >= 15 is 0 Å². The molecule has 2 atom stereocenters. The summed E-state index contributed by atoms with van der Waals surface area (Å²) in [4.78, 5) is 0.176. The van der Waals surface area contributed by atoms with E-state index in [1.54, 1.807) is 4.68 Å². The number of rotatable bonds is 3. The Morgan fingerprint density at radius 3 is 3.25 bits per heavy atom. The lowest BCUT2D eigenvalue weighted by Crippen LogP contribution is -2.33. The Bertz CT molecular complexity index is 481. The zero-order valence-corrected chi connectivity index (χ0v) is 9.79. The van der Waals surface area contributed by atoms with Gasteiger partial charge in [0.1, 0.15) is 14.8 Å². The number of hydrogen-bond donors (Lipinski definition) is 3. The summed E-state index contributed by atoms with van der Waals surface area (Å²) in [5.41, 5.74) is 0. The van der Waals surface area contributed by atoms with Crippen molar-refractivity contribution in [2.75, 3.05) is 20.2 Å². The van der Waals surface area contributed by atoms with Gasteiger partial charge in [0.2, 0.25) is 5.88 Å². The summed E-state index contributed by atoms with van der Waals surface area (Å²) in [6.45, 7) is 2.04. The summed E-state index contributed by atoms with van der Waals surface area (Å²) < 4.78 is 25.8. The monoisotopic (exact) mass is 245 g/mol. The minimum absolute atomic E-state index is 0.176. The van der Waals surface area contributed by atoms with E-state index in [1.807, 2.05) is 7.05 Å². The first-order valence-electron chi connectivity index (χ1n) is 4.92. The largest absolute Gasteiger partial charge is 0.476 e. The molecule has 0 aliphatic carbocycles. The number of hydrogen-bond acceptors (Lipinski definition) is 5. The van der Waals surface area contributed by atoms with Gasteiger partial charge in [0.05, 0.1) is 19.3 Å². The van der Waals surface area contributed by atoms with Crippen LogP contribution in [0.2, 0.25) is 0 Å². The zero-order valence-electron chi connectivity index (χ0n) is 8.97. The minimum atomic E-state index is -3.25. The van der Waals surface area contributed by atoms with Gasteiger partial charge in [0.15, 0.2) is 0 Å². The fourth-order valence-electron chi connectivity index (χ4n) is 1.75. The predicted molar refractivity (Wildman–Crippen MR) is 58.5 cm³/mol. The average Bonchev–Trinajstić information content (AvgIpc) is 2.60. The third kappa shape index (κ3) is 2.04. The molecule has 2 heterocycles. The number of nitrogens with one attached hydrogen (secondary N) is 2. The lowest BCUT2D eigenvalue weighted by molar-refractivity contribution is 0.159. The Morgan fingerprint density at radius 2 is 2.62 bits per heavy atom. The number of fused-ring (bicyclic) bond motifs is 1. The lowest BCUT2D eigenvalue weighted by Gasteiger charge is -2.24. The van der Waals surface area contributed by atoms with Crippen LogP contribution in [0.5, 0.6) is 5.88 Å². The molecule has 4 N–H and O–H groups in total. The first-order valence-corrected chi connectivity index (χ1v) is 6.54. The van der Waals surface area contributed by atoms with E-state index in [1.165, 1.54) is 6.20 Å². The molecule has 0 radical (unpaired) electrons. The first kappa shape index (κ1) is 11.4. The Morgan fingerprint density at radius 1 is 1.88 bits per heavy atom. The number of aromatic nitrogens is 2. The van der Waals surface area contributed by atoms with Crippen LogP contribution in [-0.4, -0.2) is 34.2 Å². The second-order valence-corrected chi connectivity index (χ2v) is 5.47. The van der Waals surface area contributed by atoms with Gasteiger partial charge in [-0.3, -0.25) is 0 Å². The molecule has 0 saturated heterocycles. The molecule has 1 aromatic heterocycles. The van der Waals surface area contributed by atoms with Gasteiger partial charge in [-0.1, -0.05) is 0 Å². The molecule has 16 heavy (non-hydrogen) atoms. The summed E-state index contributed by atoms with van der Waals surface area (Å²) in [6.07, 6.45) is 1.35. The van der Waals surface area contributed by atoms with E-state index in [0.29, 0.717) is 24.9 Å². The van der Waals surface area contributed by atoms with Crippen LogP contribution in [0.25, 0.3) is 0 Å². The topological polar surface area (TPSA) is 106 Å². The van der Waals surface area contributed by atoms with Crippen molar-refractivity contribution in [1.82, 2.24) is 15.1 Å². The quantitative estimate of drug-likeness (QED) is 0.660. The van der Waals surface area contributed by atoms with Crippen LogP contribution >= 0.6 is 0 Å². The van der Waals surface area contributed by atoms with Crippen LogP contribution in [0, 0.1) is 10.7 Å². The summed E-state index contributed by atoms with van der Waals surface area (Å²) in [7, 11) is -1.38. The molecule has 1 aromatic rings. The van der Waals surface area contributed by atoms with Crippen molar-refractivity contribution in [2.45, 2.75) is 11.4 Å². The van der Waals surface area contributed by atoms with E-state index < -0.39 is 9.92 Å². The van der Waals surface area contributed by atoms with Crippen molar-refractivity contribution in [3.8, 4) is 5.88 Å². The summed E-state index contributed by atoms with van der Waals surface area (Å²) >= 11 is 0. The van der Waals surface area contributed by atoms with E-state index in [2.05, 4.69) is 10.4 Å². The summed E-state index contributed by atoms with van der Waals surface area (Å²) in [5.74, 6) is 0.694. The molecule has 1 aliphatic heterocycles. The lowest BCUT2D eigenvalue weighted by atomic mass is 10.1. The third-order valence-corrected chi connectivity index (χ3v) is 3.40. The molecule has 0 saturated carbocycles. The Hall–Kier alpha value is -1.12. The highest BCUT2D eigenvalue weighted by molar-refractivity contribution is 7.90. The van der Waals surface area contributed by atoms with Crippen LogP contribution < -0.4 is 15.2 Å². The molecule has 1 aliphatic rings. The number of nitrogens with two attached hydrogens (primary N) is 1. The van der Waals surface area contributed by atoms with Crippen LogP contribution in [0.1, 0.15) is 0 Å². The molecular weight excluding hydrogens is 230 g/mol. The number of nitrogens with zero attached hydrogens (tertiary/aromatic N) is 2. The van der Waals surface area contributed by atoms with Gasteiger partial charge in [-0.15, -0.1) is 0 Å². The minimum Gasteiger partial charge on any atom is -0.476 e. The highest BCUT2D eigenvalue weighted by Crippen LogP contribution is 2.27. The van der Waals surface area contributed by atoms with Gasteiger partial charge < -0.3 is 10.1 Å². The van der Waals surface area contributed by atoms with Crippen LogP contribution in [0.4, 0.5) is 0 Å². The maximum absolute atomic E-state index is 11.4. The Kier molecular flexibility index (Phi) is 2.87. The standard InChI is InChI=1S/C8H15N5O2S/c1-11-2-6-4-13-8(15-5-6)7(3-12-13)16(9,10)14/h3,6,11H,2,4-5H2,1H3,(H3,9,10,14). The van der Waals surface area contributed by atoms with Gasteiger partial charge in [-0.2, -0.15) is 5.10 Å². The Labute approximate surface area is 94.1 Å². The number of ether oxygens (including phenoxy) is 1. The van der Waals surface area contributed by atoms with E-state index in [9.17, 15) is 4.21 Å². The highest BCUT2D eigenvalue weighted by Gasteiger charge is 2.25. The van der Waals surface area contributed by atoms with Crippen LogP contribution in [0.3, 0.4) is 0 Å². The highest BCUT2D eigenvalue weighted by atomic mass is 32.2. The van der Waals surface area contributed by atoms with Gasteiger partial charge in [0.25, 0.3) is 0 Å². The summed E-state index contributed by atoms with van der Waals surface area (Å²) in [5, 5.41) is 12.4. The normalized spacial score (nSPS) is 23.2. The van der Waals surface area contributed by atoms with E-state index in [-0.39, 0.29) is 4.90 Å². The molecule has 0 fully saturated rings. The molecule has 7 nitrogen and oxygen atoms in total. The average molecular weight is 245 g/mol. The molecule has 0 bridgehead atoms. The molecule has 0 spiro atoms. The van der Waals surface area contributed by atoms with Gasteiger partial charge in [-0.25, -0.2) is 18.8 Å². The fraction of sp³-hybridized carbons (Fsp3) is 0.625. The second-order valence-electron chi connectivity index (χ2n) is 3.83. The molecule has 0 amide bonds. The van der Waals surface area contributed by atoms with Crippen LogP contribution in [-0.2, 0) is 16.5 Å².